The highest BCUT2D eigenvalue weighted by Crippen LogP contribution is 2.20. The highest BCUT2D eigenvalue weighted by atomic mass is 35.5. The highest BCUT2D eigenvalue weighted by molar-refractivity contribution is 5.85. The lowest BCUT2D eigenvalue weighted by Gasteiger charge is -2.14. The predicted molar refractivity (Wildman–Crippen MR) is 121 cm³/mol. The maximum Gasteiger partial charge on any atom is 0.0770 e. The van der Waals surface area contributed by atoms with Crippen molar-refractivity contribution in [2.75, 3.05) is 19.6 Å². The van der Waals surface area contributed by atoms with E-state index in [4.69, 9.17) is 0 Å². The molecular weight excluding hydrogens is 362 g/mol. The third-order valence-corrected chi connectivity index (χ3v) is 6.11. The summed E-state index contributed by atoms with van der Waals surface area (Å²) in [6.07, 6.45) is 15.4. The van der Waals surface area contributed by atoms with E-state index in [1.807, 2.05) is 0 Å². The third kappa shape index (κ3) is 9.43. The number of aryl methyl sites for hydroxylation is 1. The lowest BCUT2D eigenvalue weighted by molar-refractivity contribution is -0.896. The average Bonchev–Trinajstić information content (AvgIpc) is 2.71. The molecule has 0 aliphatic rings. The maximum absolute atomic E-state index is 2.31. The number of hydrogen-bond donors (Lipinski definition) is 1. The monoisotopic (exact) mass is 403 g/mol. The van der Waals surface area contributed by atoms with Crippen LogP contribution in [0.15, 0.2) is 42.5 Å². The van der Waals surface area contributed by atoms with Crippen LogP contribution in [0.5, 0.6) is 0 Å². The molecular formula is C26H42ClN. The Morgan fingerprint density at radius 2 is 1.14 bits per heavy atom. The Kier molecular flexibility index (Phi) is 14.1. The minimum atomic E-state index is 0. The van der Waals surface area contributed by atoms with Gasteiger partial charge in [-0.15, -0.1) is 0 Å². The summed E-state index contributed by atoms with van der Waals surface area (Å²) in [5.41, 5.74) is 1.53. The van der Waals surface area contributed by atoms with Crippen molar-refractivity contribution >= 4 is 10.8 Å². The first-order valence-electron chi connectivity index (χ1n) is 11.6. The molecule has 28 heavy (non-hydrogen) atoms. The number of nitrogens with one attached hydrogen (secondary N) is 1. The van der Waals surface area contributed by atoms with E-state index in [9.17, 15) is 0 Å². The lowest BCUT2D eigenvalue weighted by Crippen LogP contribution is -3.11. The van der Waals surface area contributed by atoms with Crippen molar-refractivity contribution in [1.29, 1.82) is 0 Å². The standard InChI is InChI=1S/C26H41N.ClH/c1-3-27(4-2)23-16-12-10-8-6-5-7-9-11-13-18-24-20-17-21-25-19-14-15-22-26(24)25;/h14-15,17,19-22H,3-13,16,18,23H2,1-2H3;1H. The van der Waals surface area contributed by atoms with Crippen LogP contribution in [0.4, 0.5) is 0 Å². The van der Waals surface area contributed by atoms with Gasteiger partial charge in [-0.2, -0.15) is 0 Å². The average molecular weight is 404 g/mol. The summed E-state index contributed by atoms with van der Waals surface area (Å²) in [5.74, 6) is 0. The molecule has 0 amide bonds. The van der Waals surface area contributed by atoms with Gasteiger partial charge < -0.3 is 17.3 Å². The molecule has 0 aromatic heterocycles. The van der Waals surface area contributed by atoms with Gasteiger partial charge in [-0.3, -0.25) is 0 Å². The van der Waals surface area contributed by atoms with E-state index in [0.717, 1.165) is 0 Å². The molecule has 1 nitrogen and oxygen atoms in total. The molecule has 0 fully saturated rings. The summed E-state index contributed by atoms with van der Waals surface area (Å²) >= 11 is 0. The molecule has 2 heteroatoms. The van der Waals surface area contributed by atoms with Gasteiger partial charge in [0.05, 0.1) is 19.6 Å². The van der Waals surface area contributed by atoms with Crippen molar-refractivity contribution in [3.63, 3.8) is 0 Å². The summed E-state index contributed by atoms with van der Waals surface area (Å²) in [6.45, 7) is 8.57. The molecule has 2 aromatic carbocycles. The van der Waals surface area contributed by atoms with Gasteiger partial charge in [0.15, 0.2) is 0 Å². The topological polar surface area (TPSA) is 4.44 Å². The van der Waals surface area contributed by atoms with Crippen LogP contribution >= 0.6 is 0 Å². The van der Waals surface area contributed by atoms with Crippen LogP contribution in [0, 0.1) is 0 Å². The largest absolute Gasteiger partial charge is 1.00 e. The van der Waals surface area contributed by atoms with Gasteiger partial charge in [0.25, 0.3) is 0 Å². The Hall–Kier alpha value is -1.05. The molecule has 0 radical (unpaired) electrons. The lowest BCUT2D eigenvalue weighted by atomic mass is 9.99. The second-order valence-corrected chi connectivity index (χ2v) is 8.13. The Bertz CT molecular complexity index is 615. The molecule has 0 spiro atoms. The maximum atomic E-state index is 2.31. The van der Waals surface area contributed by atoms with E-state index in [1.54, 1.807) is 4.90 Å². The first kappa shape index (κ1) is 25.0. The minimum absolute atomic E-state index is 0. The number of unbranched alkanes of at least 4 members (excludes halogenated alkanes) is 9. The van der Waals surface area contributed by atoms with Gasteiger partial charge >= 0.3 is 0 Å². The van der Waals surface area contributed by atoms with E-state index >= 15 is 0 Å². The Morgan fingerprint density at radius 1 is 0.607 bits per heavy atom. The summed E-state index contributed by atoms with van der Waals surface area (Å²) in [7, 11) is 0. The van der Waals surface area contributed by atoms with Crippen molar-refractivity contribution in [2.45, 2.75) is 84.5 Å². The molecule has 0 heterocycles. The Labute approximate surface area is 180 Å². The molecule has 0 unspecified atom stereocenters. The van der Waals surface area contributed by atoms with E-state index < -0.39 is 0 Å². The van der Waals surface area contributed by atoms with Crippen LogP contribution in [0.1, 0.15) is 83.6 Å². The van der Waals surface area contributed by atoms with Gasteiger partial charge in [-0.05, 0) is 55.9 Å². The van der Waals surface area contributed by atoms with Crippen LogP contribution in [-0.2, 0) is 6.42 Å². The minimum Gasteiger partial charge on any atom is -1.00 e. The molecule has 0 atom stereocenters. The molecule has 2 aromatic rings. The molecule has 0 aliphatic carbocycles. The molecule has 2 rings (SSSR count). The fourth-order valence-electron chi connectivity index (χ4n) is 4.22. The van der Waals surface area contributed by atoms with Crippen LogP contribution in [0.25, 0.3) is 10.8 Å². The number of quaternary nitrogens is 1. The van der Waals surface area contributed by atoms with Gasteiger partial charge in [0.1, 0.15) is 0 Å². The first-order chi connectivity index (χ1) is 13.3. The zero-order chi connectivity index (χ0) is 19.2. The number of hydrogen-bond acceptors (Lipinski definition) is 0. The van der Waals surface area contributed by atoms with E-state index in [2.05, 4.69) is 56.3 Å². The van der Waals surface area contributed by atoms with Gasteiger partial charge in [0, 0.05) is 0 Å². The second-order valence-electron chi connectivity index (χ2n) is 8.13. The van der Waals surface area contributed by atoms with Crippen molar-refractivity contribution in [3.05, 3.63) is 48.0 Å². The quantitative estimate of drug-likeness (QED) is 0.435. The van der Waals surface area contributed by atoms with Crippen molar-refractivity contribution in [2.24, 2.45) is 0 Å². The first-order valence-corrected chi connectivity index (χ1v) is 11.6. The Morgan fingerprint density at radius 3 is 1.79 bits per heavy atom. The molecule has 0 saturated carbocycles. The second kappa shape index (κ2) is 15.8. The number of fused-ring (bicyclic) bond motifs is 1. The van der Waals surface area contributed by atoms with Crippen LogP contribution < -0.4 is 17.3 Å². The van der Waals surface area contributed by atoms with Crippen molar-refractivity contribution in [1.82, 2.24) is 0 Å². The molecule has 0 saturated heterocycles. The van der Waals surface area contributed by atoms with Crippen LogP contribution in [-0.4, -0.2) is 19.6 Å². The normalized spacial score (nSPS) is 11.1. The Balaban J connectivity index is 0.00000392. The van der Waals surface area contributed by atoms with E-state index in [1.165, 1.54) is 107 Å². The van der Waals surface area contributed by atoms with Gasteiger partial charge in [-0.1, -0.05) is 87.4 Å². The SMILES string of the molecule is CC[NH+](CC)CCCCCCCCCCCCc1cccc2ccccc12.[Cl-]. The number of halogens is 1. The fraction of sp³-hybridized carbons (Fsp3) is 0.615. The predicted octanol–water partition coefficient (Wildman–Crippen LogP) is 3.21. The fourth-order valence-corrected chi connectivity index (χ4v) is 4.22. The number of rotatable bonds is 15. The zero-order valence-electron chi connectivity index (χ0n) is 18.3. The number of benzene rings is 2. The van der Waals surface area contributed by atoms with Crippen molar-refractivity contribution in [3.8, 4) is 0 Å². The smallest absolute Gasteiger partial charge is 0.0770 e. The third-order valence-electron chi connectivity index (χ3n) is 6.11. The van der Waals surface area contributed by atoms with Crippen LogP contribution in [0.3, 0.4) is 0 Å². The van der Waals surface area contributed by atoms with E-state index in [0.29, 0.717) is 0 Å². The molecule has 1 N–H and O–H groups in total. The molecule has 158 valence electrons. The van der Waals surface area contributed by atoms with E-state index in [-0.39, 0.29) is 12.4 Å². The van der Waals surface area contributed by atoms with Gasteiger partial charge in [0.2, 0.25) is 0 Å². The van der Waals surface area contributed by atoms with Gasteiger partial charge in [-0.25, -0.2) is 0 Å². The summed E-state index contributed by atoms with van der Waals surface area (Å²) < 4.78 is 0. The van der Waals surface area contributed by atoms with Crippen LogP contribution in [0.2, 0.25) is 0 Å². The summed E-state index contributed by atoms with van der Waals surface area (Å²) in [6, 6.07) is 15.5. The molecule has 0 bridgehead atoms. The highest BCUT2D eigenvalue weighted by Gasteiger charge is 2.02. The van der Waals surface area contributed by atoms with Crippen molar-refractivity contribution < 1.29 is 17.3 Å². The summed E-state index contributed by atoms with van der Waals surface area (Å²) in [4.78, 5) is 1.76. The molecule has 0 aliphatic heterocycles. The zero-order valence-corrected chi connectivity index (χ0v) is 19.1. The summed E-state index contributed by atoms with van der Waals surface area (Å²) in [5, 5.41) is 2.83.